The van der Waals surface area contributed by atoms with Crippen LogP contribution in [0.3, 0.4) is 0 Å². The first-order valence-electron chi connectivity index (χ1n) is 9.58. The van der Waals surface area contributed by atoms with Crippen LogP contribution in [-0.4, -0.2) is 29.3 Å². The largest absolute Gasteiger partial charge is 0.354 e. The third-order valence-corrected chi connectivity index (χ3v) is 5.24. The van der Waals surface area contributed by atoms with Crippen LogP contribution in [-0.2, 0) is 22.6 Å². The van der Waals surface area contributed by atoms with Crippen LogP contribution in [0.5, 0.6) is 0 Å². The maximum atomic E-state index is 14.2. The fraction of sp³-hybridized carbons (Fsp3) is 0.364. The van der Waals surface area contributed by atoms with E-state index in [1.165, 1.54) is 11.0 Å². The summed E-state index contributed by atoms with van der Waals surface area (Å²) < 4.78 is 14.2. The summed E-state index contributed by atoms with van der Waals surface area (Å²) in [5, 5.41) is 3.67. The number of halogens is 3. The molecule has 4 nitrogen and oxygen atoms in total. The lowest BCUT2D eigenvalue weighted by molar-refractivity contribution is -0.140. The van der Waals surface area contributed by atoms with E-state index < -0.39 is 11.9 Å². The van der Waals surface area contributed by atoms with Gasteiger partial charge in [-0.25, -0.2) is 4.39 Å². The number of amides is 2. The van der Waals surface area contributed by atoms with Gasteiger partial charge in [-0.1, -0.05) is 60.8 Å². The second kappa shape index (κ2) is 11.2. The fourth-order valence-corrected chi connectivity index (χ4v) is 3.33. The Balaban J connectivity index is 2.23. The van der Waals surface area contributed by atoms with E-state index in [-0.39, 0.29) is 24.8 Å². The maximum absolute atomic E-state index is 14.2. The van der Waals surface area contributed by atoms with Gasteiger partial charge < -0.3 is 10.2 Å². The Morgan fingerprint density at radius 1 is 1.14 bits per heavy atom. The minimum absolute atomic E-state index is 0.0148. The topological polar surface area (TPSA) is 49.4 Å². The van der Waals surface area contributed by atoms with Crippen LogP contribution >= 0.6 is 23.2 Å². The maximum Gasteiger partial charge on any atom is 0.242 e. The zero-order valence-corrected chi connectivity index (χ0v) is 18.1. The number of benzene rings is 2. The van der Waals surface area contributed by atoms with Crippen molar-refractivity contribution in [2.45, 2.75) is 45.7 Å². The van der Waals surface area contributed by atoms with Crippen molar-refractivity contribution in [3.8, 4) is 0 Å². The summed E-state index contributed by atoms with van der Waals surface area (Å²) in [7, 11) is 0. The molecule has 0 heterocycles. The van der Waals surface area contributed by atoms with Crippen LogP contribution in [0.15, 0.2) is 42.5 Å². The fourth-order valence-electron chi connectivity index (χ4n) is 2.86. The van der Waals surface area contributed by atoms with Gasteiger partial charge >= 0.3 is 0 Å². The van der Waals surface area contributed by atoms with Crippen molar-refractivity contribution in [3.63, 3.8) is 0 Å². The van der Waals surface area contributed by atoms with Gasteiger partial charge in [-0.3, -0.25) is 9.59 Å². The number of unbranched alkanes of at least 4 members (excludes halogenated alkanes) is 1. The number of carbonyl (C=O) groups is 2. The van der Waals surface area contributed by atoms with E-state index in [1.54, 1.807) is 43.3 Å². The Morgan fingerprint density at radius 3 is 2.52 bits per heavy atom. The quantitative estimate of drug-likeness (QED) is 0.559. The Morgan fingerprint density at radius 2 is 1.86 bits per heavy atom. The smallest absolute Gasteiger partial charge is 0.242 e. The molecule has 0 saturated heterocycles. The molecule has 0 aromatic heterocycles. The molecular formula is C22H25Cl2FN2O2. The number of hydrogen-bond acceptors (Lipinski definition) is 2. The highest BCUT2D eigenvalue weighted by atomic mass is 35.5. The van der Waals surface area contributed by atoms with Crippen molar-refractivity contribution in [1.29, 1.82) is 0 Å². The number of hydrogen-bond donors (Lipinski definition) is 1. The molecule has 0 aliphatic carbocycles. The summed E-state index contributed by atoms with van der Waals surface area (Å²) in [6, 6.07) is 10.3. The Bertz CT molecular complexity index is 860. The molecule has 0 aliphatic heterocycles. The summed E-state index contributed by atoms with van der Waals surface area (Å²) in [5.74, 6) is -1.02. The van der Waals surface area contributed by atoms with Gasteiger partial charge in [0.05, 0.1) is 6.42 Å². The lowest BCUT2D eigenvalue weighted by Gasteiger charge is -2.29. The van der Waals surface area contributed by atoms with Crippen LogP contribution in [0, 0.1) is 5.82 Å². The molecule has 2 amide bonds. The summed E-state index contributed by atoms with van der Waals surface area (Å²) in [5.41, 5.74) is 0.939. The average Bonchev–Trinajstić information content (AvgIpc) is 2.69. The van der Waals surface area contributed by atoms with Crippen LogP contribution in [0.2, 0.25) is 10.0 Å². The van der Waals surface area contributed by atoms with E-state index in [0.717, 1.165) is 12.8 Å². The van der Waals surface area contributed by atoms with Crippen molar-refractivity contribution in [1.82, 2.24) is 10.2 Å². The monoisotopic (exact) mass is 438 g/mol. The molecule has 0 spiro atoms. The molecule has 0 unspecified atom stereocenters. The lowest BCUT2D eigenvalue weighted by atomic mass is 10.1. The van der Waals surface area contributed by atoms with Gasteiger partial charge in [-0.2, -0.15) is 0 Å². The predicted octanol–water partition coefficient (Wildman–Crippen LogP) is 5.01. The lowest BCUT2D eigenvalue weighted by Crippen LogP contribution is -2.48. The van der Waals surface area contributed by atoms with E-state index in [9.17, 15) is 14.0 Å². The van der Waals surface area contributed by atoms with Gasteiger partial charge in [0.2, 0.25) is 11.8 Å². The third-order valence-electron chi connectivity index (χ3n) is 4.65. The molecule has 2 rings (SSSR count). The highest BCUT2D eigenvalue weighted by Gasteiger charge is 2.27. The summed E-state index contributed by atoms with van der Waals surface area (Å²) >= 11 is 12.1. The normalized spacial score (nSPS) is 11.8. The highest BCUT2D eigenvalue weighted by molar-refractivity contribution is 6.35. The van der Waals surface area contributed by atoms with Crippen LogP contribution in [0.1, 0.15) is 37.8 Å². The summed E-state index contributed by atoms with van der Waals surface area (Å²) in [4.78, 5) is 27.0. The Labute approximate surface area is 181 Å². The molecule has 2 aromatic carbocycles. The van der Waals surface area contributed by atoms with Crippen LogP contribution < -0.4 is 5.32 Å². The van der Waals surface area contributed by atoms with Gasteiger partial charge in [0.15, 0.2) is 0 Å². The molecule has 0 bridgehead atoms. The SMILES string of the molecule is CCCCNC(=O)[C@@H](C)N(Cc1ccccc1F)C(=O)Cc1ccc(Cl)cc1Cl. The zero-order valence-electron chi connectivity index (χ0n) is 16.6. The molecule has 1 atom stereocenters. The number of rotatable bonds is 9. The summed E-state index contributed by atoms with van der Waals surface area (Å²) in [6.07, 6.45) is 1.78. The molecule has 156 valence electrons. The van der Waals surface area contributed by atoms with E-state index in [4.69, 9.17) is 23.2 Å². The number of carbonyl (C=O) groups excluding carboxylic acids is 2. The van der Waals surface area contributed by atoms with Crippen molar-refractivity contribution < 1.29 is 14.0 Å². The second-order valence-corrected chi connectivity index (χ2v) is 7.69. The zero-order chi connectivity index (χ0) is 21.4. The highest BCUT2D eigenvalue weighted by Crippen LogP contribution is 2.23. The standard InChI is InChI=1S/C22H25Cl2FN2O2/c1-3-4-11-26-22(29)15(2)27(14-17-7-5-6-8-20(17)25)21(28)12-16-9-10-18(23)13-19(16)24/h5-10,13,15H,3-4,11-12,14H2,1-2H3,(H,26,29)/t15-/m1/s1. The molecule has 0 radical (unpaired) electrons. The minimum Gasteiger partial charge on any atom is -0.354 e. The number of nitrogens with one attached hydrogen (secondary N) is 1. The molecule has 0 aliphatic rings. The summed E-state index contributed by atoms with van der Waals surface area (Å²) in [6.45, 7) is 4.19. The van der Waals surface area contributed by atoms with Crippen molar-refractivity contribution in [3.05, 3.63) is 69.5 Å². The number of nitrogens with zero attached hydrogens (tertiary/aromatic N) is 1. The molecular weight excluding hydrogens is 414 g/mol. The Hall–Kier alpha value is -2.11. The van der Waals surface area contributed by atoms with Crippen LogP contribution in [0.4, 0.5) is 4.39 Å². The predicted molar refractivity (Wildman–Crippen MR) is 114 cm³/mol. The van der Waals surface area contributed by atoms with Gasteiger partial charge in [-0.15, -0.1) is 0 Å². The second-order valence-electron chi connectivity index (χ2n) is 6.85. The average molecular weight is 439 g/mol. The van der Waals surface area contributed by atoms with Crippen LogP contribution in [0.25, 0.3) is 0 Å². The molecule has 7 heteroatoms. The van der Waals surface area contributed by atoms with E-state index >= 15 is 0 Å². The van der Waals surface area contributed by atoms with Gasteiger partial charge in [0.25, 0.3) is 0 Å². The van der Waals surface area contributed by atoms with E-state index in [1.807, 2.05) is 6.92 Å². The molecule has 0 fully saturated rings. The third kappa shape index (κ3) is 6.72. The first kappa shape index (κ1) is 23.2. The van der Waals surface area contributed by atoms with Crippen molar-refractivity contribution >= 4 is 35.0 Å². The first-order chi connectivity index (χ1) is 13.8. The van der Waals surface area contributed by atoms with Crippen molar-refractivity contribution in [2.24, 2.45) is 0 Å². The van der Waals surface area contributed by atoms with Crippen molar-refractivity contribution in [2.75, 3.05) is 6.54 Å². The van der Waals surface area contributed by atoms with E-state index in [0.29, 0.717) is 27.7 Å². The van der Waals surface area contributed by atoms with Gasteiger partial charge in [0.1, 0.15) is 11.9 Å². The molecule has 29 heavy (non-hydrogen) atoms. The molecule has 2 aromatic rings. The van der Waals surface area contributed by atoms with Gasteiger partial charge in [-0.05, 0) is 37.1 Å². The minimum atomic E-state index is -0.759. The molecule has 0 saturated carbocycles. The first-order valence-corrected chi connectivity index (χ1v) is 10.3. The van der Waals surface area contributed by atoms with E-state index in [2.05, 4.69) is 5.32 Å². The van der Waals surface area contributed by atoms with Gasteiger partial charge in [0, 0.05) is 28.7 Å². The molecule has 1 N–H and O–H groups in total. The Kier molecular flexibility index (Phi) is 8.93.